The van der Waals surface area contributed by atoms with Crippen molar-refractivity contribution in [2.75, 3.05) is 0 Å². The van der Waals surface area contributed by atoms with Crippen molar-refractivity contribution < 1.29 is 13.7 Å². The van der Waals surface area contributed by atoms with Crippen LogP contribution in [-0.4, -0.2) is 21.1 Å². The zero-order valence-corrected chi connectivity index (χ0v) is 20.7. The van der Waals surface area contributed by atoms with Crippen molar-refractivity contribution in [3.8, 4) is 11.4 Å². The molecule has 0 aliphatic carbocycles. The third kappa shape index (κ3) is 4.52. The zero-order chi connectivity index (χ0) is 25.4. The van der Waals surface area contributed by atoms with Crippen LogP contribution in [0.5, 0.6) is 0 Å². The minimum absolute atomic E-state index is 0.203. The van der Waals surface area contributed by atoms with Gasteiger partial charge in [-0.25, -0.2) is 9.18 Å². The number of benzene rings is 3. The van der Waals surface area contributed by atoms with Crippen LogP contribution >= 0.6 is 0 Å². The van der Waals surface area contributed by atoms with Crippen LogP contribution < -0.4 is 5.32 Å². The Morgan fingerprint density at radius 1 is 0.972 bits per heavy atom. The van der Waals surface area contributed by atoms with Crippen LogP contribution in [0.15, 0.2) is 77.0 Å². The predicted octanol–water partition coefficient (Wildman–Crippen LogP) is 6.50. The van der Waals surface area contributed by atoms with E-state index in [2.05, 4.69) is 27.6 Å². The van der Waals surface area contributed by atoms with Gasteiger partial charge >= 0.3 is 6.03 Å². The molecule has 7 heteroatoms. The van der Waals surface area contributed by atoms with Crippen LogP contribution in [0.2, 0.25) is 0 Å². The molecule has 0 saturated heterocycles. The van der Waals surface area contributed by atoms with Gasteiger partial charge in [0.05, 0.1) is 18.2 Å². The molecule has 1 N–H and O–H groups in total. The number of allylic oxidation sites excluding steroid dienone is 1. The highest BCUT2D eigenvalue weighted by Crippen LogP contribution is 2.38. The first-order chi connectivity index (χ1) is 17.3. The molecule has 0 radical (unpaired) electrons. The molecule has 2 amide bonds. The number of carbonyl (C=O) groups excluding carboxylic acids is 1. The lowest BCUT2D eigenvalue weighted by Crippen LogP contribution is -2.45. The van der Waals surface area contributed by atoms with Crippen molar-refractivity contribution in [2.24, 2.45) is 0 Å². The van der Waals surface area contributed by atoms with Gasteiger partial charge < -0.3 is 9.84 Å². The molecule has 0 fully saturated rings. The number of hydrogen-bond donors (Lipinski definition) is 1. The average molecular weight is 483 g/mol. The van der Waals surface area contributed by atoms with Crippen LogP contribution in [0.3, 0.4) is 0 Å². The van der Waals surface area contributed by atoms with Crippen molar-refractivity contribution in [1.29, 1.82) is 0 Å². The Balaban J connectivity index is 1.62. The molecular weight excluding hydrogens is 455 g/mol. The number of hydrogen-bond acceptors (Lipinski definition) is 4. The van der Waals surface area contributed by atoms with E-state index in [9.17, 15) is 9.18 Å². The smallest absolute Gasteiger partial charge is 0.322 e. The Labute approximate surface area is 209 Å². The molecule has 1 atom stereocenters. The number of nitrogens with zero attached hydrogens (tertiary/aromatic N) is 3. The monoisotopic (exact) mass is 482 g/mol. The van der Waals surface area contributed by atoms with Gasteiger partial charge in [0, 0.05) is 11.3 Å². The van der Waals surface area contributed by atoms with Gasteiger partial charge in [-0.2, -0.15) is 4.98 Å². The van der Waals surface area contributed by atoms with Gasteiger partial charge in [0.1, 0.15) is 5.82 Å². The quantitative estimate of drug-likeness (QED) is 0.353. The topological polar surface area (TPSA) is 71.3 Å². The van der Waals surface area contributed by atoms with Crippen LogP contribution in [0, 0.1) is 26.6 Å². The lowest BCUT2D eigenvalue weighted by Gasteiger charge is -2.35. The highest BCUT2D eigenvalue weighted by atomic mass is 19.1. The normalized spacial score (nSPS) is 15.9. The van der Waals surface area contributed by atoms with E-state index in [0.717, 1.165) is 33.5 Å². The van der Waals surface area contributed by atoms with Crippen molar-refractivity contribution in [3.05, 3.63) is 112 Å². The molecular formula is C29H27FN4O2. The second kappa shape index (κ2) is 9.41. The molecule has 36 heavy (non-hydrogen) atoms. The van der Waals surface area contributed by atoms with E-state index in [-0.39, 0.29) is 23.6 Å². The van der Waals surface area contributed by atoms with Gasteiger partial charge in [-0.3, -0.25) is 4.90 Å². The van der Waals surface area contributed by atoms with Gasteiger partial charge in [-0.1, -0.05) is 65.3 Å². The first-order valence-corrected chi connectivity index (χ1v) is 11.8. The SMILES string of the molecule is CC1=C(c2nc(-c3cccc(F)c3)no2)C(c2ccc(C)c(C)c2)NC(=O)N1Cc1cccc(C)c1. The summed E-state index contributed by atoms with van der Waals surface area (Å²) in [5.41, 5.74) is 7.28. The number of carbonyl (C=O) groups is 1. The van der Waals surface area contributed by atoms with E-state index in [1.807, 2.05) is 58.0 Å². The van der Waals surface area contributed by atoms with Gasteiger partial charge in [-0.05, 0) is 62.1 Å². The van der Waals surface area contributed by atoms with E-state index in [1.54, 1.807) is 17.0 Å². The molecule has 0 bridgehead atoms. The van der Waals surface area contributed by atoms with Crippen molar-refractivity contribution in [1.82, 2.24) is 20.4 Å². The Bertz CT molecular complexity index is 1490. The van der Waals surface area contributed by atoms with E-state index < -0.39 is 6.04 Å². The Morgan fingerprint density at radius 3 is 2.53 bits per heavy atom. The summed E-state index contributed by atoms with van der Waals surface area (Å²) in [6.45, 7) is 8.40. The number of nitrogens with one attached hydrogen (secondary N) is 1. The molecule has 2 heterocycles. The van der Waals surface area contributed by atoms with Crippen LogP contribution in [0.1, 0.15) is 46.7 Å². The molecule has 3 aromatic carbocycles. The van der Waals surface area contributed by atoms with E-state index in [0.29, 0.717) is 17.7 Å². The molecule has 5 rings (SSSR count). The molecule has 1 aromatic heterocycles. The maximum Gasteiger partial charge on any atom is 0.322 e. The minimum atomic E-state index is -0.480. The van der Waals surface area contributed by atoms with Crippen molar-refractivity contribution in [3.63, 3.8) is 0 Å². The van der Waals surface area contributed by atoms with Gasteiger partial charge in [-0.15, -0.1) is 0 Å². The molecule has 1 aliphatic rings. The largest absolute Gasteiger partial charge is 0.334 e. The molecule has 0 spiro atoms. The number of aryl methyl sites for hydroxylation is 3. The third-order valence-corrected chi connectivity index (χ3v) is 6.62. The lowest BCUT2D eigenvalue weighted by atomic mass is 9.92. The molecule has 4 aromatic rings. The summed E-state index contributed by atoms with van der Waals surface area (Å²) in [5.74, 6) is 0.187. The van der Waals surface area contributed by atoms with E-state index >= 15 is 0 Å². The Kier molecular flexibility index (Phi) is 6.14. The second-order valence-corrected chi connectivity index (χ2v) is 9.23. The predicted molar refractivity (Wildman–Crippen MR) is 136 cm³/mol. The van der Waals surface area contributed by atoms with Crippen molar-refractivity contribution in [2.45, 2.75) is 40.3 Å². The van der Waals surface area contributed by atoms with E-state index in [4.69, 9.17) is 4.52 Å². The Morgan fingerprint density at radius 2 is 1.78 bits per heavy atom. The second-order valence-electron chi connectivity index (χ2n) is 9.23. The highest BCUT2D eigenvalue weighted by Gasteiger charge is 2.36. The summed E-state index contributed by atoms with van der Waals surface area (Å²) in [7, 11) is 0. The number of urea groups is 1. The summed E-state index contributed by atoms with van der Waals surface area (Å²) in [6, 6.07) is 19.5. The molecule has 182 valence electrons. The maximum atomic E-state index is 13.8. The zero-order valence-electron chi connectivity index (χ0n) is 20.7. The summed E-state index contributed by atoms with van der Waals surface area (Å²) in [4.78, 5) is 19.6. The first kappa shape index (κ1) is 23.5. The highest BCUT2D eigenvalue weighted by molar-refractivity contribution is 5.87. The summed E-state index contributed by atoms with van der Waals surface area (Å²) in [6.07, 6.45) is 0. The average Bonchev–Trinajstić information content (AvgIpc) is 3.33. The molecule has 1 unspecified atom stereocenters. The number of aromatic nitrogens is 2. The Hall–Kier alpha value is -4.26. The van der Waals surface area contributed by atoms with Crippen LogP contribution in [0.25, 0.3) is 17.0 Å². The van der Waals surface area contributed by atoms with Gasteiger partial charge in [0.15, 0.2) is 0 Å². The standard InChI is InChI=1S/C29H27FN4O2/c1-17-7-5-8-21(13-17)16-34-20(4)25(26(31-29(34)35)22-12-11-18(2)19(3)14-22)28-32-27(33-36-28)23-9-6-10-24(30)15-23/h5-15,26H,16H2,1-4H3,(H,31,35). The number of halogens is 1. The van der Waals surface area contributed by atoms with Crippen LogP contribution in [-0.2, 0) is 6.54 Å². The minimum Gasteiger partial charge on any atom is -0.334 e. The first-order valence-electron chi connectivity index (χ1n) is 11.8. The number of amides is 2. The number of rotatable bonds is 5. The van der Waals surface area contributed by atoms with Crippen LogP contribution in [0.4, 0.5) is 9.18 Å². The van der Waals surface area contributed by atoms with E-state index in [1.165, 1.54) is 12.1 Å². The van der Waals surface area contributed by atoms with Gasteiger partial charge in [0.2, 0.25) is 5.82 Å². The van der Waals surface area contributed by atoms with Crippen molar-refractivity contribution >= 4 is 11.6 Å². The van der Waals surface area contributed by atoms with Gasteiger partial charge in [0.25, 0.3) is 5.89 Å². The lowest BCUT2D eigenvalue weighted by molar-refractivity contribution is 0.203. The maximum absolute atomic E-state index is 13.8. The fraction of sp³-hybridized carbons (Fsp3) is 0.207. The summed E-state index contributed by atoms with van der Waals surface area (Å²) < 4.78 is 19.5. The molecule has 1 aliphatic heterocycles. The third-order valence-electron chi connectivity index (χ3n) is 6.62. The fourth-order valence-electron chi connectivity index (χ4n) is 4.51. The molecule has 6 nitrogen and oxygen atoms in total. The fourth-order valence-corrected chi connectivity index (χ4v) is 4.51. The summed E-state index contributed by atoms with van der Waals surface area (Å²) in [5, 5.41) is 7.26. The summed E-state index contributed by atoms with van der Waals surface area (Å²) >= 11 is 0. The molecule has 0 saturated carbocycles.